The van der Waals surface area contributed by atoms with E-state index in [1.807, 2.05) is 0 Å². The van der Waals surface area contributed by atoms with Crippen LogP contribution in [0.2, 0.25) is 5.02 Å². The topological polar surface area (TPSA) is 103 Å². The number of nitrogen functional groups attached to an aromatic ring is 1. The smallest absolute Gasteiger partial charge is 0.242 e. The molecule has 7 nitrogen and oxygen atoms in total. The molecule has 0 saturated heterocycles. The molecule has 20 heavy (non-hydrogen) atoms. The fourth-order valence-electron chi connectivity index (χ4n) is 1.58. The van der Waals surface area contributed by atoms with Gasteiger partial charge in [0.2, 0.25) is 10.0 Å². The Morgan fingerprint density at radius 2 is 2.15 bits per heavy atom. The van der Waals surface area contributed by atoms with Gasteiger partial charge in [-0.15, -0.1) is 10.2 Å². The first-order valence-corrected chi connectivity index (χ1v) is 7.55. The van der Waals surface area contributed by atoms with E-state index in [1.54, 1.807) is 18.5 Å². The summed E-state index contributed by atoms with van der Waals surface area (Å²) in [7, 11) is -2.04. The van der Waals surface area contributed by atoms with Gasteiger partial charge >= 0.3 is 0 Å². The number of aromatic nitrogens is 3. The summed E-state index contributed by atoms with van der Waals surface area (Å²) in [4.78, 5) is -0.0514. The van der Waals surface area contributed by atoms with Gasteiger partial charge < -0.3 is 10.3 Å². The molecule has 0 unspecified atom stereocenters. The zero-order valence-electron chi connectivity index (χ0n) is 11.0. The van der Waals surface area contributed by atoms with E-state index >= 15 is 0 Å². The fraction of sp³-hybridized carbons (Fsp3) is 0.273. The van der Waals surface area contributed by atoms with E-state index in [0.717, 1.165) is 5.56 Å². The molecule has 108 valence electrons. The van der Waals surface area contributed by atoms with Crippen molar-refractivity contribution in [2.75, 3.05) is 5.73 Å². The van der Waals surface area contributed by atoms with Gasteiger partial charge in [0.15, 0.2) is 0 Å². The van der Waals surface area contributed by atoms with Crippen LogP contribution in [0.5, 0.6) is 0 Å². The van der Waals surface area contributed by atoms with Crippen LogP contribution in [0.1, 0.15) is 11.4 Å². The molecule has 0 atom stereocenters. The van der Waals surface area contributed by atoms with Crippen molar-refractivity contribution in [1.82, 2.24) is 19.5 Å². The number of nitrogens with one attached hydrogen (secondary N) is 1. The number of aryl methyl sites for hydroxylation is 2. The van der Waals surface area contributed by atoms with Crippen LogP contribution in [0.3, 0.4) is 0 Å². The molecule has 0 spiro atoms. The molecule has 0 amide bonds. The third-order valence-electron chi connectivity index (χ3n) is 2.84. The number of nitrogens with two attached hydrogens (primary N) is 1. The van der Waals surface area contributed by atoms with Crippen LogP contribution in [-0.2, 0) is 23.6 Å². The molecule has 9 heteroatoms. The SMILES string of the molecule is Cc1cc(Cl)c(S(=O)(=O)NCc2nncn2C)cc1N. The monoisotopic (exact) mass is 315 g/mol. The summed E-state index contributed by atoms with van der Waals surface area (Å²) in [5.41, 5.74) is 6.82. The van der Waals surface area contributed by atoms with Gasteiger partial charge in [0.05, 0.1) is 11.6 Å². The minimum atomic E-state index is -3.77. The number of anilines is 1. The van der Waals surface area contributed by atoms with Crippen molar-refractivity contribution in [2.24, 2.45) is 7.05 Å². The molecule has 0 aliphatic heterocycles. The van der Waals surface area contributed by atoms with Gasteiger partial charge in [0.25, 0.3) is 0 Å². The Morgan fingerprint density at radius 1 is 1.45 bits per heavy atom. The molecular formula is C11H14ClN5O2S. The average Bonchev–Trinajstić information content (AvgIpc) is 2.77. The molecule has 0 fully saturated rings. The van der Waals surface area contributed by atoms with Gasteiger partial charge in [-0.25, -0.2) is 13.1 Å². The van der Waals surface area contributed by atoms with Crippen LogP contribution in [0.25, 0.3) is 0 Å². The summed E-state index contributed by atoms with van der Waals surface area (Å²) in [6, 6.07) is 2.87. The van der Waals surface area contributed by atoms with Crippen LogP contribution in [0.4, 0.5) is 5.69 Å². The Labute approximate surface area is 121 Å². The third-order valence-corrected chi connectivity index (χ3v) is 4.70. The van der Waals surface area contributed by atoms with E-state index < -0.39 is 10.0 Å². The Bertz CT molecular complexity index is 741. The maximum absolute atomic E-state index is 12.2. The van der Waals surface area contributed by atoms with Crippen molar-refractivity contribution in [3.8, 4) is 0 Å². The molecule has 1 aromatic carbocycles. The van der Waals surface area contributed by atoms with Crippen molar-refractivity contribution in [3.05, 3.63) is 34.9 Å². The average molecular weight is 316 g/mol. The van der Waals surface area contributed by atoms with Crippen LogP contribution >= 0.6 is 11.6 Å². The van der Waals surface area contributed by atoms with E-state index in [4.69, 9.17) is 17.3 Å². The Morgan fingerprint density at radius 3 is 2.75 bits per heavy atom. The fourth-order valence-corrected chi connectivity index (χ4v) is 3.17. The second-order valence-electron chi connectivity index (χ2n) is 4.32. The lowest BCUT2D eigenvalue weighted by Gasteiger charge is -2.10. The predicted molar refractivity (Wildman–Crippen MR) is 75.6 cm³/mol. The molecule has 2 aromatic rings. The molecule has 0 aliphatic rings. The first-order chi connectivity index (χ1) is 9.31. The third kappa shape index (κ3) is 2.92. The first kappa shape index (κ1) is 14.8. The van der Waals surface area contributed by atoms with Gasteiger partial charge in [-0.3, -0.25) is 0 Å². The second-order valence-corrected chi connectivity index (χ2v) is 6.46. The summed E-state index contributed by atoms with van der Waals surface area (Å²) in [6.45, 7) is 1.77. The number of nitrogens with zero attached hydrogens (tertiary/aromatic N) is 3. The van der Waals surface area contributed by atoms with Gasteiger partial charge in [0.1, 0.15) is 17.0 Å². The minimum Gasteiger partial charge on any atom is -0.398 e. The lowest BCUT2D eigenvalue weighted by atomic mass is 10.2. The molecule has 0 aliphatic carbocycles. The van der Waals surface area contributed by atoms with Crippen LogP contribution in [0, 0.1) is 6.92 Å². The van der Waals surface area contributed by atoms with Crippen molar-refractivity contribution >= 4 is 27.3 Å². The number of hydrogen-bond acceptors (Lipinski definition) is 5. The normalized spacial score (nSPS) is 11.8. The van der Waals surface area contributed by atoms with Crippen LogP contribution < -0.4 is 10.5 Å². The molecule has 1 aromatic heterocycles. The lowest BCUT2D eigenvalue weighted by Crippen LogP contribution is -2.25. The van der Waals surface area contributed by atoms with E-state index in [-0.39, 0.29) is 16.5 Å². The Balaban J connectivity index is 2.27. The van der Waals surface area contributed by atoms with E-state index in [2.05, 4.69) is 14.9 Å². The molecule has 3 N–H and O–H groups in total. The van der Waals surface area contributed by atoms with Crippen LogP contribution in [-0.4, -0.2) is 23.2 Å². The molecule has 0 saturated carbocycles. The minimum absolute atomic E-state index is 0.0168. The predicted octanol–water partition coefficient (Wildman–Crippen LogP) is 0.838. The number of rotatable bonds is 4. The first-order valence-electron chi connectivity index (χ1n) is 5.69. The number of halogens is 1. The highest BCUT2D eigenvalue weighted by molar-refractivity contribution is 7.89. The van der Waals surface area contributed by atoms with Gasteiger partial charge in [0, 0.05) is 12.7 Å². The molecule has 2 rings (SSSR count). The molecule has 1 heterocycles. The summed E-state index contributed by atoms with van der Waals surface area (Å²) in [5.74, 6) is 0.491. The number of hydrogen-bond donors (Lipinski definition) is 2. The summed E-state index contributed by atoms with van der Waals surface area (Å²) < 4.78 is 28.5. The highest BCUT2D eigenvalue weighted by Crippen LogP contribution is 2.26. The second kappa shape index (κ2) is 5.39. The van der Waals surface area contributed by atoms with Crippen molar-refractivity contribution < 1.29 is 8.42 Å². The highest BCUT2D eigenvalue weighted by atomic mass is 35.5. The zero-order chi connectivity index (χ0) is 14.9. The van der Waals surface area contributed by atoms with Gasteiger partial charge in [-0.1, -0.05) is 11.6 Å². The highest BCUT2D eigenvalue weighted by Gasteiger charge is 2.19. The van der Waals surface area contributed by atoms with E-state index in [0.29, 0.717) is 11.5 Å². The van der Waals surface area contributed by atoms with E-state index in [1.165, 1.54) is 18.5 Å². The number of benzene rings is 1. The Kier molecular flexibility index (Phi) is 3.98. The standard InChI is InChI=1S/C11H14ClN5O2S/c1-7-3-8(12)10(4-9(7)13)20(18,19)15-5-11-16-14-6-17(11)2/h3-4,6,15H,5,13H2,1-2H3. The molecular weight excluding hydrogens is 302 g/mol. The maximum atomic E-state index is 12.2. The maximum Gasteiger partial charge on any atom is 0.242 e. The quantitative estimate of drug-likeness (QED) is 0.814. The molecule has 0 radical (unpaired) electrons. The van der Waals surface area contributed by atoms with Gasteiger partial charge in [-0.05, 0) is 24.6 Å². The summed E-state index contributed by atoms with van der Waals surface area (Å²) >= 11 is 5.97. The van der Waals surface area contributed by atoms with Crippen molar-refractivity contribution in [2.45, 2.75) is 18.4 Å². The van der Waals surface area contributed by atoms with Crippen molar-refractivity contribution in [3.63, 3.8) is 0 Å². The lowest BCUT2D eigenvalue weighted by molar-refractivity contribution is 0.577. The van der Waals surface area contributed by atoms with Gasteiger partial charge in [-0.2, -0.15) is 0 Å². The number of sulfonamides is 1. The summed E-state index contributed by atoms with van der Waals surface area (Å²) in [6.07, 6.45) is 1.49. The Hall–Kier alpha value is -1.64. The molecule has 0 bridgehead atoms. The van der Waals surface area contributed by atoms with E-state index in [9.17, 15) is 8.42 Å². The zero-order valence-corrected chi connectivity index (χ0v) is 12.5. The van der Waals surface area contributed by atoms with Crippen LogP contribution in [0.15, 0.2) is 23.4 Å². The summed E-state index contributed by atoms with van der Waals surface area (Å²) in [5, 5.41) is 7.59. The largest absolute Gasteiger partial charge is 0.398 e. The van der Waals surface area contributed by atoms with Crippen molar-refractivity contribution in [1.29, 1.82) is 0 Å².